The number of pyridine rings is 1. The summed E-state index contributed by atoms with van der Waals surface area (Å²) >= 11 is 6.60. The second-order valence-corrected chi connectivity index (χ2v) is 7.37. The highest BCUT2D eigenvalue weighted by atomic mass is 35.5. The van der Waals surface area contributed by atoms with Crippen molar-refractivity contribution in [3.05, 3.63) is 77.3 Å². The van der Waals surface area contributed by atoms with E-state index < -0.39 is 0 Å². The van der Waals surface area contributed by atoms with Gasteiger partial charge in [0.05, 0.1) is 27.8 Å². The van der Waals surface area contributed by atoms with Crippen LogP contribution in [0.1, 0.15) is 29.1 Å². The van der Waals surface area contributed by atoms with E-state index in [9.17, 15) is 4.79 Å². The van der Waals surface area contributed by atoms with Crippen molar-refractivity contribution in [1.29, 1.82) is 0 Å². The summed E-state index contributed by atoms with van der Waals surface area (Å²) in [7, 11) is 0. The largest absolute Gasteiger partial charge is 0.343 e. The quantitative estimate of drug-likeness (QED) is 0.397. The molecule has 3 aromatic heterocycles. The standard InChI is InChI=1S/C22H17ClN6O/c1-12(13-5-3-2-4-6-13)25-22(30)21-26-16-11-15-18(14-7-9-24-10-8-14)28-29-19(15)17(23)20(16)27-21/h2-12,28-29H,1H3,(H,25,30). The number of hydrogen-bond donors (Lipinski definition) is 3. The fourth-order valence-corrected chi connectivity index (χ4v) is 3.80. The second kappa shape index (κ2) is 7.27. The molecule has 0 radical (unpaired) electrons. The van der Waals surface area contributed by atoms with Crippen LogP contribution in [0.3, 0.4) is 0 Å². The smallest absolute Gasteiger partial charge is 0.289 e. The van der Waals surface area contributed by atoms with Crippen LogP contribution in [-0.2, 0) is 0 Å². The third-order valence-corrected chi connectivity index (χ3v) is 5.43. The van der Waals surface area contributed by atoms with Crippen molar-refractivity contribution < 1.29 is 4.79 Å². The zero-order chi connectivity index (χ0) is 20.7. The van der Waals surface area contributed by atoms with Gasteiger partial charge in [-0.1, -0.05) is 41.9 Å². The molecule has 0 saturated heterocycles. The molecule has 0 bridgehead atoms. The van der Waals surface area contributed by atoms with Crippen LogP contribution in [0.2, 0.25) is 5.02 Å². The molecule has 30 heavy (non-hydrogen) atoms. The minimum absolute atomic E-state index is 0.0942. The molecule has 5 rings (SSSR count). The van der Waals surface area contributed by atoms with Gasteiger partial charge in [-0.05, 0) is 30.7 Å². The van der Waals surface area contributed by atoms with Crippen molar-refractivity contribution in [2.24, 2.45) is 0 Å². The van der Waals surface area contributed by atoms with Crippen molar-refractivity contribution in [2.75, 3.05) is 0 Å². The van der Waals surface area contributed by atoms with E-state index in [1.54, 1.807) is 12.4 Å². The molecule has 0 spiro atoms. The van der Waals surface area contributed by atoms with E-state index in [2.05, 4.69) is 30.5 Å². The number of rotatable bonds is 4. The van der Waals surface area contributed by atoms with E-state index in [0.29, 0.717) is 21.6 Å². The maximum absolute atomic E-state index is 12.7. The molecule has 0 saturated carbocycles. The van der Waals surface area contributed by atoms with Gasteiger partial charge in [-0.3, -0.25) is 20.0 Å². The first-order valence-corrected chi connectivity index (χ1v) is 9.82. The summed E-state index contributed by atoms with van der Waals surface area (Å²) in [5.74, 6) is -0.250. The molecule has 8 heteroatoms. The third kappa shape index (κ3) is 3.09. The molecule has 0 aliphatic rings. The van der Waals surface area contributed by atoms with E-state index in [-0.39, 0.29) is 17.8 Å². The lowest BCUT2D eigenvalue weighted by Gasteiger charge is -2.12. The number of nitrogens with zero attached hydrogens (tertiary/aromatic N) is 3. The molecule has 1 amide bonds. The van der Waals surface area contributed by atoms with Crippen molar-refractivity contribution in [3.8, 4) is 11.3 Å². The van der Waals surface area contributed by atoms with Crippen molar-refractivity contribution in [3.63, 3.8) is 0 Å². The molecule has 1 unspecified atom stereocenters. The number of benzene rings is 2. The van der Waals surface area contributed by atoms with Crippen molar-refractivity contribution >= 4 is 39.4 Å². The first-order valence-electron chi connectivity index (χ1n) is 9.44. The predicted octanol–water partition coefficient (Wildman–Crippen LogP) is 4.65. The van der Waals surface area contributed by atoms with Gasteiger partial charge in [0, 0.05) is 23.3 Å². The average Bonchev–Trinajstić information content (AvgIpc) is 3.40. The van der Waals surface area contributed by atoms with Gasteiger partial charge < -0.3 is 5.32 Å². The number of carbonyl (C=O) groups is 1. The van der Waals surface area contributed by atoms with Gasteiger partial charge in [-0.25, -0.2) is 9.97 Å². The average molecular weight is 417 g/mol. The van der Waals surface area contributed by atoms with E-state index in [1.807, 2.05) is 55.5 Å². The van der Waals surface area contributed by atoms with Crippen LogP contribution in [0.5, 0.6) is 0 Å². The van der Waals surface area contributed by atoms with E-state index in [0.717, 1.165) is 22.2 Å². The number of imidazole rings is 1. The molecule has 2 aromatic carbocycles. The van der Waals surface area contributed by atoms with Gasteiger partial charge in [0.2, 0.25) is 5.82 Å². The highest BCUT2D eigenvalue weighted by Gasteiger charge is 2.20. The Morgan fingerprint density at radius 1 is 1.07 bits per heavy atom. The Morgan fingerprint density at radius 3 is 2.60 bits per heavy atom. The summed E-state index contributed by atoms with van der Waals surface area (Å²) in [5.41, 5.74) is 4.58. The molecule has 148 valence electrons. The van der Waals surface area contributed by atoms with Gasteiger partial charge in [-0.15, -0.1) is 0 Å². The number of halogens is 1. The minimum atomic E-state index is -0.344. The summed E-state index contributed by atoms with van der Waals surface area (Å²) in [6.45, 7) is 1.92. The van der Waals surface area contributed by atoms with Gasteiger partial charge in [0.1, 0.15) is 5.52 Å². The van der Waals surface area contributed by atoms with Crippen LogP contribution < -0.4 is 5.32 Å². The van der Waals surface area contributed by atoms with E-state index in [1.165, 1.54) is 0 Å². The minimum Gasteiger partial charge on any atom is -0.343 e. The summed E-state index contributed by atoms with van der Waals surface area (Å²) in [5, 5.41) is 10.5. The molecule has 1 atom stereocenters. The van der Waals surface area contributed by atoms with Crippen LogP contribution in [0, 0.1) is 0 Å². The highest BCUT2D eigenvalue weighted by Crippen LogP contribution is 2.35. The number of aromatic amines is 2. The first kappa shape index (κ1) is 18.3. The Hall–Kier alpha value is -3.71. The van der Waals surface area contributed by atoms with Gasteiger partial charge >= 0.3 is 0 Å². The summed E-state index contributed by atoms with van der Waals surface area (Å²) in [4.78, 5) is 25.6. The zero-order valence-corrected chi connectivity index (χ0v) is 16.7. The number of fused-ring (bicyclic) bond motifs is 2. The number of aromatic nitrogens is 5. The lowest BCUT2D eigenvalue weighted by molar-refractivity contribution is 0.0930. The fraction of sp³-hybridized carbons (Fsp3) is 0.0909. The number of H-pyrrole nitrogens is 2. The SMILES string of the molecule is CC(NC(=O)c1nc2cc3c(-c4ccncc4)[nH][nH]c3c(Cl)c2n1)c1ccccc1. The van der Waals surface area contributed by atoms with Crippen molar-refractivity contribution in [2.45, 2.75) is 13.0 Å². The summed E-state index contributed by atoms with van der Waals surface area (Å²) in [6, 6.07) is 15.2. The maximum atomic E-state index is 12.7. The number of hydrogen-bond acceptors (Lipinski definition) is 4. The molecular formula is C22H17ClN6O. The number of amides is 1. The van der Waals surface area contributed by atoms with E-state index >= 15 is 0 Å². The molecule has 3 heterocycles. The molecular weight excluding hydrogens is 400 g/mol. The Morgan fingerprint density at radius 2 is 1.83 bits per heavy atom. The summed E-state index contributed by atoms with van der Waals surface area (Å²) < 4.78 is 0. The van der Waals surface area contributed by atoms with Crippen LogP contribution in [0.25, 0.3) is 33.2 Å². The fourth-order valence-electron chi connectivity index (χ4n) is 3.51. The maximum Gasteiger partial charge on any atom is 0.289 e. The van der Waals surface area contributed by atoms with Gasteiger partial charge in [0.15, 0.2) is 0 Å². The third-order valence-electron chi connectivity index (χ3n) is 5.07. The predicted molar refractivity (Wildman–Crippen MR) is 116 cm³/mol. The molecule has 7 nitrogen and oxygen atoms in total. The van der Waals surface area contributed by atoms with Gasteiger partial charge in [0.25, 0.3) is 5.91 Å². The molecule has 5 aromatic rings. The molecule has 0 fully saturated rings. The Labute approximate surface area is 176 Å². The molecule has 0 aliphatic heterocycles. The van der Waals surface area contributed by atoms with Crippen LogP contribution >= 0.6 is 11.6 Å². The van der Waals surface area contributed by atoms with Crippen LogP contribution in [0.15, 0.2) is 60.9 Å². The van der Waals surface area contributed by atoms with E-state index in [4.69, 9.17) is 11.6 Å². The number of carbonyl (C=O) groups excluding carboxylic acids is 1. The van der Waals surface area contributed by atoms with Crippen LogP contribution in [0.4, 0.5) is 0 Å². The lowest BCUT2D eigenvalue weighted by atomic mass is 10.1. The second-order valence-electron chi connectivity index (χ2n) is 6.99. The molecule has 3 N–H and O–H groups in total. The zero-order valence-electron chi connectivity index (χ0n) is 16.0. The summed E-state index contributed by atoms with van der Waals surface area (Å²) in [6.07, 6.45) is 3.45. The monoisotopic (exact) mass is 416 g/mol. The molecule has 0 aliphatic carbocycles. The number of nitrogens with one attached hydrogen (secondary N) is 3. The van der Waals surface area contributed by atoms with Crippen molar-refractivity contribution in [1.82, 2.24) is 30.5 Å². The normalized spacial score (nSPS) is 12.3. The first-order chi connectivity index (χ1) is 14.6. The lowest BCUT2D eigenvalue weighted by Crippen LogP contribution is -2.27. The highest BCUT2D eigenvalue weighted by molar-refractivity contribution is 6.40. The topological polar surface area (TPSA) is 99.4 Å². The van der Waals surface area contributed by atoms with Gasteiger partial charge in [-0.2, -0.15) is 0 Å². The Kier molecular flexibility index (Phi) is 4.44. The Balaban J connectivity index is 1.52. The van der Waals surface area contributed by atoms with Crippen LogP contribution in [-0.4, -0.2) is 31.1 Å². The Bertz CT molecular complexity index is 1360.